The number of methoxy groups -OCH3 is 1. The highest BCUT2D eigenvalue weighted by Crippen LogP contribution is 2.47. The number of pyridine rings is 2. The SMILES string of the molecule is COC[C@H](C)c1cc2cc(NC(=O)[C@@H]3C[C@H]3c3ccccn3)ncc2cc1Cl. The van der Waals surface area contributed by atoms with Crippen LogP contribution in [0.2, 0.25) is 5.02 Å². The molecule has 1 aliphatic rings. The molecule has 144 valence electrons. The lowest BCUT2D eigenvalue weighted by Crippen LogP contribution is -2.15. The van der Waals surface area contributed by atoms with Crippen molar-refractivity contribution < 1.29 is 9.53 Å². The average molecular weight is 396 g/mol. The predicted octanol–water partition coefficient (Wildman–Crippen LogP) is 4.78. The number of hydrogen-bond acceptors (Lipinski definition) is 4. The lowest BCUT2D eigenvalue weighted by Gasteiger charge is -2.14. The highest BCUT2D eigenvalue weighted by Gasteiger charge is 2.44. The number of carbonyl (C=O) groups is 1. The van der Waals surface area contributed by atoms with Gasteiger partial charge in [0.15, 0.2) is 0 Å². The molecule has 0 spiro atoms. The van der Waals surface area contributed by atoms with Crippen LogP contribution in [0.25, 0.3) is 10.8 Å². The third-order valence-electron chi connectivity index (χ3n) is 5.23. The minimum absolute atomic E-state index is 0.00978. The second kappa shape index (κ2) is 7.86. The molecule has 0 unspecified atom stereocenters. The molecule has 1 fully saturated rings. The number of benzene rings is 1. The van der Waals surface area contributed by atoms with Gasteiger partial charge in [0.1, 0.15) is 5.82 Å². The van der Waals surface area contributed by atoms with Gasteiger partial charge in [0.05, 0.1) is 6.61 Å². The Bertz CT molecular complexity index is 1010. The van der Waals surface area contributed by atoms with Gasteiger partial charge < -0.3 is 10.1 Å². The number of nitrogens with one attached hydrogen (secondary N) is 1. The highest BCUT2D eigenvalue weighted by atomic mass is 35.5. The number of anilines is 1. The fourth-order valence-corrected chi connectivity index (χ4v) is 3.95. The van der Waals surface area contributed by atoms with E-state index in [2.05, 4.69) is 22.2 Å². The quantitative estimate of drug-likeness (QED) is 0.652. The van der Waals surface area contributed by atoms with Crippen molar-refractivity contribution in [3.05, 3.63) is 65.1 Å². The molecule has 1 saturated carbocycles. The monoisotopic (exact) mass is 395 g/mol. The van der Waals surface area contributed by atoms with E-state index >= 15 is 0 Å². The zero-order chi connectivity index (χ0) is 19.7. The van der Waals surface area contributed by atoms with Gasteiger partial charge in [-0.25, -0.2) is 4.98 Å². The normalized spacial score (nSPS) is 19.4. The maximum absolute atomic E-state index is 12.6. The number of carbonyl (C=O) groups excluding carboxylic acids is 1. The summed E-state index contributed by atoms with van der Waals surface area (Å²) in [6.07, 6.45) is 4.33. The Kier molecular flexibility index (Phi) is 5.29. The van der Waals surface area contributed by atoms with E-state index in [1.165, 1.54) is 0 Å². The van der Waals surface area contributed by atoms with Crippen molar-refractivity contribution in [2.24, 2.45) is 5.92 Å². The Balaban J connectivity index is 1.51. The zero-order valence-corrected chi connectivity index (χ0v) is 16.6. The minimum atomic E-state index is -0.0464. The molecule has 1 N–H and O–H groups in total. The number of rotatable bonds is 6. The Hall–Kier alpha value is -2.50. The Morgan fingerprint density at radius 3 is 2.89 bits per heavy atom. The van der Waals surface area contributed by atoms with Crippen LogP contribution in [-0.4, -0.2) is 29.6 Å². The first-order valence-electron chi connectivity index (χ1n) is 9.36. The molecule has 0 saturated heterocycles. The Labute approximate surface area is 169 Å². The van der Waals surface area contributed by atoms with E-state index in [0.29, 0.717) is 17.4 Å². The molecule has 0 aliphatic heterocycles. The van der Waals surface area contributed by atoms with Crippen molar-refractivity contribution in [2.45, 2.75) is 25.2 Å². The maximum Gasteiger partial charge on any atom is 0.229 e. The van der Waals surface area contributed by atoms with Crippen LogP contribution in [0.1, 0.15) is 36.4 Å². The molecule has 3 atom stereocenters. The van der Waals surface area contributed by atoms with Crippen molar-refractivity contribution in [1.82, 2.24) is 9.97 Å². The third kappa shape index (κ3) is 3.86. The molecule has 0 bridgehead atoms. The van der Waals surface area contributed by atoms with Crippen LogP contribution in [0, 0.1) is 5.92 Å². The summed E-state index contributed by atoms with van der Waals surface area (Å²) in [7, 11) is 1.68. The number of hydrogen-bond donors (Lipinski definition) is 1. The number of halogens is 1. The summed E-state index contributed by atoms with van der Waals surface area (Å²) in [4.78, 5) is 21.3. The summed E-state index contributed by atoms with van der Waals surface area (Å²) in [6.45, 7) is 2.67. The lowest BCUT2D eigenvalue weighted by atomic mass is 9.99. The third-order valence-corrected chi connectivity index (χ3v) is 5.56. The van der Waals surface area contributed by atoms with Crippen molar-refractivity contribution in [2.75, 3.05) is 19.0 Å². The molecule has 1 amide bonds. The summed E-state index contributed by atoms with van der Waals surface area (Å²) in [5.74, 6) is 0.872. The van der Waals surface area contributed by atoms with Gasteiger partial charge in [-0.15, -0.1) is 0 Å². The molecule has 1 aliphatic carbocycles. The summed E-state index contributed by atoms with van der Waals surface area (Å²) in [6, 6.07) is 11.7. The van der Waals surface area contributed by atoms with E-state index in [1.807, 2.05) is 36.4 Å². The molecule has 28 heavy (non-hydrogen) atoms. The van der Waals surface area contributed by atoms with Crippen LogP contribution in [0.4, 0.5) is 5.82 Å². The van der Waals surface area contributed by atoms with E-state index in [-0.39, 0.29) is 23.7 Å². The molecule has 2 aromatic heterocycles. The van der Waals surface area contributed by atoms with Crippen LogP contribution in [0.5, 0.6) is 0 Å². The van der Waals surface area contributed by atoms with Crippen LogP contribution in [0.3, 0.4) is 0 Å². The molecular weight excluding hydrogens is 374 g/mol. The summed E-state index contributed by atoms with van der Waals surface area (Å²) >= 11 is 6.42. The van der Waals surface area contributed by atoms with Crippen molar-refractivity contribution in [3.63, 3.8) is 0 Å². The smallest absolute Gasteiger partial charge is 0.229 e. The molecule has 3 aromatic rings. The lowest BCUT2D eigenvalue weighted by molar-refractivity contribution is -0.117. The number of fused-ring (bicyclic) bond motifs is 1. The number of ether oxygens (including phenoxy) is 1. The summed E-state index contributed by atoms with van der Waals surface area (Å²) in [5, 5.41) is 5.58. The Morgan fingerprint density at radius 2 is 2.14 bits per heavy atom. The highest BCUT2D eigenvalue weighted by molar-refractivity contribution is 6.32. The van der Waals surface area contributed by atoms with Gasteiger partial charge in [-0.1, -0.05) is 24.6 Å². The summed E-state index contributed by atoms with van der Waals surface area (Å²) in [5.41, 5.74) is 2.00. The van der Waals surface area contributed by atoms with Crippen molar-refractivity contribution in [1.29, 1.82) is 0 Å². The largest absolute Gasteiger partial charge is 0.384 e. The van der Waals surface area contributed by atoms with Gasteiger partial charge >= 0.3 is 0 Å². The number of amides is 1. The first-order valence-corrected chi connectivity index (χ1v) is 9.74. The van der Waals surface area contributed by atoms with Crippen LogP contribution >= 0.6 is 11.6 Å². The second-order valence-corrected chi connectivity index (χ2v) is 7.75. The molecule has 1 aromatic carbocycles. The van der Waals surface area contributed by atoms with E-state index in [9.17, 15) is 4.79 Å². The van der Waals surface area contributed by atoms with Gasteiger partial charge in [0.25, 0.3) is 0 Å². The molecule has 5 nitrogen and oxygen atoms in total. The van der Waals surface area contributed by atoms with Gasteiger partial charge in [-0.05, 0) is 47.7 Å². The van der Waals surface area contributed by atoms with E-state index in [1.54, 1.807) is 19.5 Å². The fourth-order valence-electron chi connectivity index (χ4n) is 3.60. The molecule has 4 rings (SSSR count). The standard InChI is InChI=1S/C22H22ClN3O2/c1-13(12-28-2)16-7-14-9-21(25-11-15(14)8-19(16)23)26-22(27)18-10-17(18)20-5-3-4-6-24-20/h3-9,11,13,17-18H,10,12H2,1-2H3,(H,25,26,27)/t13-,17+,18+/m0/s1. The minimum Gasteiger partial charge on any atom is -0.384 e. The van der Waals surface area contributed by atoms with Crippen molar-refractivity contribution in [3.8, 4) is 0 Å². The molecule has 0 radical (unpaired) electrons. The van der Waals surface area contributed by atoms with Crippen molar-refractivity contribution >= 4 is 34.1 Å². The van der Waals surface area contributed by atoms with Crippen LogP contribution in [0.15, 0.2) is 48.8 Å². The first kappa shape index (κ1) is 18.8. The van der Waals surface area contributed by atoms with Gasteiger partial charge in [0.2, 0.25) is 5.91 Å². The van der Waals surface area contributed by atoms with Gasteiger partial charge in [0, 0.05) is 53.4 Å². The number of nitrogens with zero attached hydrogens (tertiary/aromatic N) is 2. The van der Waals surface area contributed by atoms with Crippen LogP contribution < -0.4 is 5.32 Å². The van der Waals surface area contributed by atoms with Gasteiger partial charge in [-0.2, -0.15) is 0 Å². The molecule has 6 heteroatoms. The molecule has 2 heterocycles. The zero-order valence-electron chi connectivity index (χ0n) is 15.9. The molecular formula is C22H22ClN3O2. The van der Waals surface area contributed by atoms with Crippen LogP contribution in [-0.2, 0) is 9.53 Å². The summed E-state index contributed by atoms with van der Waals surface area (Å²) < 4.78 is 5.25. The Morgan fingerprint density at radius 1 is 1.29 bits per heavy atom. The van der Waals surface area contributed by atoms with Gasteiger partial charge in [-0.3, -0.25) is 9.78 Å². The second-order valence-electron chi connectivity index (χ2n) is 7.34. The van der Waals surface area contributed by atoms with E-state index in [0.717, 1.165) is 28.5 Å². The first-order chi connectivity index (χ1) is 13.6. The topological polar surface area (TPSA) is 64.1 Å². The number of aromatic nitrogens is 2. The van der Waals surface area contributed by atoms with E-state index in [4.69, 9.17) is 16.3 Å². The fraction of sp³-hybridized carbons (Fsp3) is 0.318. The van der Waals surface area contributed by atoms with E-state index < -0.39 is 0 Å². The average Bonchev–Trinajstić information content (AvgIpc) is 3.49. The maximum atomic E-state index is 12.6. The predicted molar refractivity (Wildman–Crippen MR) is 111 cm³/mol.